The number of sulfone groups is 1. The molecular weight excluding hydrogens is 272 g/mol. The molecular formula is C15H18N2O2S. The lowest BCUT2D eigenvalue weighted by molar-refractivity contribution is 0.602. The predicted molar refractivity (Wildman–Crippen MR) is 82.6 cm³/mol. The molecule has 0 spiro atoms. The van der Waals surface area contributed by atoms with Crippen LogP contribution in [-0.4, -0.2) is 21.2 Å². The van der Waals surface area contributed by atoms with Gasteiger partial charge in [-0.1, -0.05) is 24.3 Å². The summed E-state index contributed by atoms with van der Waals surface area (Å²) in [5.74, 6) is 0. The van der Waals surface area contributed by atoms with Crippen molar-refractivity contribution in [3.8, 4) is 0 Å². The van der Waals surface area contributed by atoms with E-state index in [9.17, 15) is 8.42 Å². The van der Waals surface area contributed by atoms with Gasteiger partial charge in [0, 0.05) is 18.5 Å². The highest BCUT2D eigenvalue weighted by atomic mass is 32.2. The smallest absolute Gasteiger partial charge is 0.177 e. The lowest BCUT2D eigenvalue weighted by atomic mass is 10.1. The van der Waals surface area contributed by atoms with Crippen molar-refractivity contribution < 1.29 is 8.42 Å². The summed E-state index contributed by atoms with van der Waals surface area (Å²) in [6, 6.07) is 14.6. The van der Waals surface area contributed by atoms with E-state index in [0.29, 0.717) is 17.1 Å². The fourth-order valence-electron chi connectivity index (χ4n) is 1.96. The van der Waals surface area contributed by atoms with Crippen LogP contribution in [0, 0.1) is 0 Å². The van der Waals surface area contributed by atoms with Crippen LogP contribution >= 0.6 is 0 Å². The van der Waals surface area contributed by atoms with E-state index in [2.05, 4.69) is 5.32 Å². The quantitative estimate of drug-likeness (QED) is 0.829. The van der Waals surface area contributed by atoms with Crippen molar-refractivity contribution in [3.63, 3.8) is 0 Å². The predicted octanol–water partition coefficient (Wildman–Crippen LogP) is 2.33. The van der Waals surface area contributed by atoms with Crippen molar-refractivity contribution in [2.24, 2.45) is 0 Å². The van der Waals surface area contributed by atoms with Crippen LogP contribution in [0.2, 0.25) is 0 Å². The Labute approximate surface area is 119 Å². The molecule has 106 valence electrons. The molecule has 2 rings (SSSR count). The summed E-state index contributed by atoms with van der Waals surface area (Å²) in [6.07, 6.45) is 2.02. The van der Waals surface area contributed by atoms with E-state index in [1.165, 1.54) is 6.26 Å². The monoisotopic (exact) mass is 290 g/mol. The normalized spacial score (nSPS) is 11.2. The molecule has 0 unspecified atom stereocenters. The summed E-state index contributed by atoms with van der Waals surface area (Å²) in [6.45, 7) is 0.663. The molecule has 0 radical (unpaired) electrons. The number of para-hydroxylation sites is 1. The molecule has 0 aliphatic heterocycles. The van der Waals surface area contributed by atoms with Crippen molar-refractivity contribution in [2.45, 2.75) is 11.3 Å². The summed E-state index contributed by atoms with van der Waals surface area (Å²) >= 11 is 0. The largest absolute Gasteiger partial charge is 0.399 e. The average Bonchev–Trinajstić information content (AvgIpc) is 2.40. The van der Waals surface area contributed by atoms with E-state index in [4.69, 9.17) is 5.73 Å². The number of anilines is 2. The Kier molecular flexibility index (Phi) is 4.29. The van der Waals surface area contributed by atoms with Crippen LogP contribution in [-0.2, 0) is 16.3 Å². The molecule has 0 bridgehead atoms. The zero-order valence-corrected chi connectivity index (χ0v) is 12.2. The van der Waals surface area contributed by atoms with Crippen LogP contribution in [0.5, 0.6) is 0 Å². The van der Waals surface area contributed by atoms with Gasteiger partial charge < -0.3 is 11.1 Å². The molecule has 0 aromatic heterocycles. The fourth-order valence-corrected chi connectivity index (χ4v) is 2.83. The van der Waals surface area contributed by atoms with Crippen LogP contribution in [0.1, 0.15) is 5.56 Å². The molecule has 0 atom stereocenters. The Morgan fingerprint density at radius 3 is 2.35 bits per heavy atom. The van der Waals surface area contributed by atoms with Crippen LogP contribution in [0.15, 0.2) is 53.4 Å². The van der Waals surface area contributed by atoms with Gasteiger partial charge in [0.1, 0.15) is 0 Å². The maximum absolute atomic E-state index is 11.7. The first-order chi connectivity index (χ1) is 9.47. The molecule has 2 aromatic carbocycles. The lowest BCUT2D eigenvalue weighted by Gasteiger charge is -2.10. The van der Waals surface area contributed by atoms with Crippen molar-refractivity contribution in [3.05, 3.63) is 54.1 Å². The van der Waals surface area contributed by atoms with Crippen molar-refractivity contribution in [1.82, 2.24) is 0 Å². The molecule has 5 heteroatoms. The van der Waals surface area contributed by atoms with Gasteiger partial charge in [-0.3, -0.25) is 0 Å². The van der Waals surface area contributed by atoms with Crippen LogP contribution < -0.4 is 11.1 Å². The zero-order valence-electron chi connectivity index (χ0n) is 11.3. The van der Waals surface area contributed by atoms with E-state index < -0.39 is 9.84 Å². The molecule has 0 amide bonds. The highest BCUT2D eigenvalue weighted by Crippen LogP contribution is 2.20. The van der Waals surface area contributed by atoms with Gasteiger partial charge in [-0.25, -0.2) is 8.42 Å². The van der Waals surface area contributed by atoms with E-state index in [1.54, 1.807) is 18.2 Å². The Bertz CT molecular complexity index is 679. The van der Waals surface area contributed by atoms with E-state index in [1.807, 2.05) is 30.3 Å². The third-order valence-electron chi connectivity index (χ3n) is 3.00. The van der Waals surface area contributed by atoms with Gasteiger partial charge in [-0.2, -0.15) is 0 Å². The van der Waals surface area contributed by atoms with Gasteiger partial charge in [0.2, 0.25) is 0 Å². The number of nitrogen functional groups attached to an aromatic ring is 1. The van der Waals surface area contributed by atoms with Gasteiger partial charge in [-0.05, 0) is 36.2 Å². The fraction of sp³-hybridized carbons (Fsp3) is 0.200. The van der Waals surface area contributed by atoms with Gasteiger partial charge >= 0.3 is 0 Å². The number of hydrogen-bond acceptors (Lipinski definition) is 4. The average molecular weight is 290 g/mol. The van der Waals surface area contributed by atoms with E-state index >= 15 is 0 Å². The van der Waals surface area contributed by atoms with E-state index in [-0.39, 0.29) is 0 Å². The molecule has 2 aromatic rings. The van der Waals surface area contributed by atoms with Gasteiger partial charge in [0.25, 0.3) is 0 Å². The molecule has 0 aliphatic carbocycles. The third kappa shape index (κ3) is 3.74. The summed E-state index contributed by atoms with van der Waals surface area (Å²) in [7, 11) is -3.21. The minimum absolute atomic E-state index is 0.331. The van der Waals surface area contributed by atoms with Gasteiger partial charge in [-0.15, -0.1) is 0 Å². The maximum Gasteiger partial charge on any atom is 0.177 e. The minimum Gasteiger partial charge on any atom is -0.399 e. The number of hydrogen-bond donors (Lipinski definition) is 2. The molecule has 0 heterocycles. The van der Waals surface area contributed by atoms with Crippen molar-refractivity contribution in [2.75, 3.05) is 23.9 Å². The molecule has 0 aliphatic rings. The molecule has 0 saturated heterocycles. The minimum atomic E-state index is -3.21. The van der Waals surface area contributed by atoms with Crippen molar-refractivity contribution in [1.29, 1.82) is 0 Å². The second-order valence-electron chi connectivity index (χ2n) is 4.69. The van der Waals surface area contributed by atoms with Crippen LogP contribution in [0.25, 0.3) is 0 Å². The first-order valence-electron chi connectivity index (χ1n) is 6.34. The molecule has 0 saturated carbocycles. The summed E-state index contributed by atoms with van der Waals surface area (Å²) in [5.41, 5.74) is 8.17. The first-order valence-corrected chi connectivity index (χ1v) is 8.23. The lowest BCUT2D eigenvalue weighted by Crippen LogP contribution is -2.09. The summed E-state index contributed by atoms with van der Waals surface area (Å²) in [4.78, 5) is 0.331. The van der Waals surface area contributed by atoms with Crippen molar-refractivity contribution >= 4 is 21.2 Å². The standard InChI is InChI=1S/C15H18N2O2S/c1-20(18,19)15-5-3-2-4-14(15)17-11-10-12-6-8-13(16)9-7-12/h2-9,17H,10-11,16H2,1H3. The summed E-state index contributed by atoms with van der Waals surface area (Å²) < 4.78 is 23.3. The first kappa shape index (κ1) is 14.4. The highest BCUT2D eigenvalue weighted by molar-refractivity contribution is 7.90. The Morgan fingerprint density at radius 1 is 1.05 bits per heavy atom. The number of rotatable bonds is 5. The topological polar surface area (TPSA) is 72.2 Å². The zero-order chi connectivity index (χ0) is 14.6. The maximum atomic E-state index is 11.7. The van der Waals surface area contributed by atoms with Gasteiger partial charge in [0.15, 0.2) is 9.84 Å². The Balaban J connectivity index is 2.03. The highest BCUT2D eigenvalue weighted by Gasteiger charge is 2.11. The second-order valence-corrected chi connectivity index (χ2v) is 6.67. The van der Waals surface area contributed by atoms with E-state index in [0.717, 1.165) is 17.7 Å². The second kappa shape index (κ2) is 5.96. The van der Waals surface area contributed by atoms with Gasteiger partial charge in [0.05, 0.1) is 10.6 Å². The van der Waals surface area contributed by atoms with Crippen LogP contribution in [0.4, 0.5) is 11.4 Å². The number of nitrogens with two attached hydrogens (primary N) is 1. The SMILES string of the molecule is CS(=O)(=O)c1ccccc1NCCc1ccc(N)cc1. The number of nitrogens with one attached hydrogen (secondary N) is 1. The molecule has 3 N–H and O–H groups in total. The third-order valence-corrected chi connectivity index (χ3v) is 4.15. The Morgan fingerprint density at radius 2 is 1.70 bits per heavy atom. The molecule has 4 nitrogen and oxygen atoms in total. The molecule has 0 fully saturated rings. The van der Waals surface area contributed by atoms with Crippen LogP contribution in [0.3, 0.4) is 0 Å². The Hall–Kier alpha value is -2.01. The molecule has 20 heavy (non-hydrogen) atoms. The summed E-state index contributed by atoms with van der Waals surface area (Å²) in [5, 5.41) is 3.17. The number of benzene rings is 2.